The second kappa shape index (κ2) is 13.0. The summed E-state index contributed by atoms with van der Waals surface area (Å²) >= 11 is 0. The molecular weight excluding hydrogens is 689 g/mol. The fourth-order valence-corrected chi connectivity index (χ4v) is 9.20. The Balaban J connectivity index is 1.09. The van der Waals surface area contributed by atoms with Gasteiger partial charge in [0.25, 0.3) is 0 Å². The van der Waals surface area contributed by atoms with Gasteiger partial charge in [-0.2, -0.15) is 0 Å². The van der Waals surface area contributed by atoms with Crippen LogP contribution in [0.4, 0.5) is 0 Å². The molecule has 0 spiro atoms. The molecule has 268 valence electrons. The summed E-state index contributed by atoms with van der Waals surface area (Å²) in [6.45, 7) is 4.73. The molecule has 57 heavy (non-hydrogen) atoms. The Morgan fingerprint density at radius 3 is 1.74 bits per heavy atom. The Morgan fingerprint density at radius 1 is 0.333 bits per heavy atom. The van der Waals surface area contributed by atoms with E-state index in [4.69, 9.17) is 9.97 Å². The molecule has 1 heterocycles. The SMILES string of the molecule is CC1(C)c2cccc(-c3ccc(-c4nc(-c5ccccc5)cc(-c5cccc(-c6ccc7ccccc7c6)c5)n4)c4ccccc34)c2-c2c1ccc1ccccc21. The van der Waals surface area contributed by atoms with Crippen LogP contribution in [0.3, 0.4) is 0 Å². The van der Waals surface area contributed by atoms with Gasteiger partial charge in [0.1, 0.15) is 0 Å². The maximum absolute atomic E-state index is 5.37. The third-order valence-corrected chi connectivity index (χ3v) is 12.1. The summed E-state index contributed by atoms with van der Waals surface area (Å²) in [5.74, 6) is 0.709. The third kappa shape index (κ3) is 5.40. The monoisotopic (exact) mass is 726 g/mol. The molecular formula is C55H38N2. The van der Waals surface area contributed by atoms with Gasteiger partial charge in [0.2, 0.25) is 0 Å². The standard InChI is InChI=1S/C55H38N2/c1-55(2)48-25-13-24-46(53(48)52-42-21-9-8-15-36(42)28-31-49(52)55)45-29-30-47(44-23-11-10-22-43(44)45)54-56-50(37-16-4-3-5-17-37)34-51(57-54)41-20-12-19-39(33-41)40-27-26-35-14-6-7-18-38(35)32-40/h3-34H,1-2H3. The second-order valence-corrected chi connectivity index (χ2v) is 15.7. The summed E-state index contributed by atoms with van der Waals surface area (Å²) in [4.78, 5) is 10.7. The van der Waals surface area contributed by atoms with Crippen LogP contribution in [0.25, 0.3) is 99.6 Å². The Morgan fingerprint density at radius 2 is 0.912 bits per heavy atom. The Labute approximate surface area is 332 Å². The maximum atomic E-state index is 5.37. The molecule has 0 radical (unpaired) electrons. The summed E-state index contributed by atoms with van der Waals surface area (Å²) < 4.78 is 0. The van der Waals surface area contributed by atoms with Crippen molar-refractivity contribution in [2.45, 2.75) is 19.3 Å². The Kier molecular flexibility index (Phi) is 7.55. The van der Waals surface area contributed by atoms with Crippen molar-refractivity contribution < 1.29 is 0 Å². The predicted octanol–water partition coefficient (Wildman–Crippen LogP) is 14.6. The third-order valence-electron chi connectivity index (χ3n) is 12.1. The smallest absolute Gasteiger partial charge is 0.161 e. The van der Waals surface area contributed by atoms with Crippen molar-refractivity contribution in [3.05, 3.63) is 205 Å². The van der Waals surface area contributed by atoms with Crippen LogP contribution >= 0.6 is 0 Å². The molecule has 0 aliphatic heterocycles. The largest absolute Gasteiger partial charge is 0.228 e. The number of aromatic nitrogens is 2. The van der Waals surface area contributed by atoms with Gasteiger partial charge in [0.15, 0.2) is 5.82 Å². The minimum Gasteiger partial charge on any atom is -0.228 e. The van der Waals surface area contributed by atoms with Crippen molar-refractivity contribution in [2.75, 3.05) is 0 Å². The van der Waals surface area contributed by atoms with Crippen LogP contribution in [0.5, 0.6) is 0 Å². The molecule has 1 aliphatic carbocycles. The Hall–Kier alpha value is -7.16. The number of hydrogen-bond acceptors (Lipinski definition) is 2. The summed E-state index contributed by atoms with van der Waals surface area (Å²) in [6, 6.07) is 70.1. The van der Waals surface area contributed by atoms with E-state index in [0.29, 0.717) is 5.82 Å². The molecule has 0 amide bonds. The van der Waals surface area contributed by atoms with Crippen LogP contribution in [0.1, 0.15) is 25.0 Å². The highest BCUT2D eigenvalue weighted by atomic mass is 14.9. The molecule has 0 N–H and O–H groups in total. The fourth-order valence-electron chi connectivity index (χ4n) is 9.20. The highest BCUT2D eigenvalue weighted by molar-refractivity contribution is 6.11. The van der Waals surface area contributed by atoms with E-state index in [2.05, 4.69) is 208 Å². The van der Waals surface area contributed by atoms with E-state index in [0.717, 1.165) is 39.0 Å². The molecule has 10 aromatic rings. The van der Waals surface area contributed by atoms with Crippen molar-refractivity contribution in [1.82, 2.24) is 9.97 Å². The molecule has 11 rings (SSSR count). The molecule has 0 fully saturated rings. The molecule has 2 heteroatoms. The van der Waals surface area contributed by atoms with Crippen molar-refractivity contribution in [1.29, 1.82) is 0 Å². The lowest BCUT2D eigenvalue weighted by atomic mass is 9.81. The van der Waals surface area contributed by atoms with Gasteiger partial charge in [-0.25, -0.2) is 9.97 Å². The van der Waals surface area contributed by atoms with E-state index in [1.54, 1.807) is 0 Å². The molecule has 0 bridgehead atoms. The lowest BCUT2D eigenvalue weighted by Gasteiger charge is -2.22. The Bertz CT molecular complexity index is 3210. The van der Waals surface area contributed by atoms with Gasteiger partial charge in [0, 0.05) is 22.1 Å². The van der Waals surface area contributed by atoms with Gasteiger partial charge < -0.3 is 0 Å². The topological polar surface area (TPSA) is 25.8 Å². The van der Waals surface area contributed by atoms with Gasteiger partial charge in [0.05, 0.1) is 11.4 Å². The van der Waals surface area contributed by atoms with Crippen LogP contribution in [-0.2, 0) is 5.41 Å². The number of fused-ring (bicyclic) bond motifs is 7. The highest BCUT2D eigenvalue weighted by Gasteiger charge is 2.38. The van der Waals surface area contributed by atoms with Crippen molar-refractivity contribution in [2.24, 2.45) is 0 Å². The average molecular weight is 727 g/mol. The molecule has 0 saturated carbocycles. The van der Waals surface area contributed by atoms with Crippen molar-refractivity contribution in [3.8, 4) is 67.3 Å². The number of hydrogen-bond donors (Lipinski definition) is 0. The summed E-state index contributed by atoms with van der Waals surface area (Å²) in [6.07, 6.45) is 0. The van der Waals surface area contributed by atoms with Crippen molar-refractivity contribution in [3.63, 3.8) is 0 Å². The van der Waals surface area contributed by atoms with E-state index in [1.807, 2.05) is 0 Å². The predicted molar refractivity (Wildman–Crippen MR) is 239 cm³/mol. The molecule has 1 aromatic heterocycles. The van der Waals surface area contributed by atoms with Gasteiger partial charge in [-0.15, -0.1) is 0 Å². The first-order valence-electron chi connectivity index (χ1n) is 19.7. The highest BCUT2D eigenvalue weighted by Crippen LogP contribution is 2.55. The fraction of sp³-hybridized carbons (Fsp3) is 0.0545. The van der Waals surface area contributed by atoms with Gasteiger partial charge in [-0.05, 0) is 101 Å². The lowest BCUT2D eigenvalue weighted by molar-refractivity contribution is 0.661. The van der Waals surface area contributed by atoms with E-state index in [9.17, 15) is 0 Å². The number of nitrogens with zero attached hydrogens (tertiary/aromatic N) is 2. The second-order valence-electron chi connectivity index (χ2n) is 15.7. The zero-order chi connectivity index (χ0) is 38.1. The number of benzene rings is 9. The average Bonchev–Trinajstić information content (AvgIpc) is 3.52. The van der Waals surface area contributed by atoms with Crippen molar-refractivity contribution >= 4 is 32.3 Å². The molecule has 2 nitrogen and oxygen atoms in total. The van der Waals surface area contributed by atoms with E-state index < -0.39 is 0 Å². The van der Waals surface area contributed by atoms with Crippen LogP contribution in [-0.4, -0.2) is 9.97 Å². The lowest BCUT2D eigenvalue weighted by Crippen LogP contribution is -2.14. The van der Waals surface area contributed by atoms with Crippen LogP contribution in [0.2, 0.25) is 0 Å². The van der Waals surface area contributed by atoms with Gasteiger partial charge >= 0.3 is 0 Å². The first kappa shape index (κ1) is 33.2. The molecule has 9 aromatic carbocycles. The number of rotatable bonds is 5. The normalized spacial score (nSPS) is 12.9. The first-order chi connectivity index (χ1) is 28.0. The van der Waals surface area contributed by atoms with E-state index in [-0.39, 0.29) is 5.41 Å². The zero-order valence-electron chi connectivity index (χ0n) is 31.9. The van der Waals surface area contributed by atoms with Crippen LogP contribution in [0.15, 0.2) is 194 Å². The molecule has 1 aliphatic rings. The van der Waals surface area contributed by atoms with E-state index in [1.165, 1.54) is 65.9 Å². The van der Waals surface area contributed by atoms with Gasteiger partial charge in [-0.3, -0.25) is 0 Å². The van der Waals surface area contributed by atoms with E-state index >= 15 is 0 Å². The minimum atomic E-state index is -0.117. The quantitative estimate of drug-likeness (QED) is 0.176. The first-order valence-corrected chi connectivity index (χ1v) is 19.7. The summed E-state index contributed by atoms with van der Waals surface area (Å²) in [5.41, 5.74) is 15.0. The van der Waals surface area contributed by atoms with Gasteiger partial charge in [-0.1, -0.05) is 184 Å². The minimum absolute atomic E-state index is 0.117. The zero-order valence-corrected chi connectivity index (χ0v) is 31.9. The maximum Gasteiger partial charge on any atom is 0.161 e. The summed E-state index contributed by atoms with van der Waals surface area (Å²) in [5, 5.41) is 7.35. The van der Waals surface area contributed by atoms with Crippen LogP contribution < -0.4 is 0 Å². The molecule has 0 unspecified atom stereocenters. The van der Waals surface area contributed by atoms with Crippen LogP contribution in [0, 0.1) is 0 Å². The summed E-state index contributed by atoms with van der Waals surface area (Å²) in [7, 11) is 0. The molecule has 0 atom stereocenters. The molecule has 0 saturated heterocycles.